The second-order valence-electron chi connectivity index (χ2n) is 4.97. The number of rotatable bonds is 5. The Kier molecular flexibility index (Phi) is 5.09. The van der Waals surface area contributed by atoms with Gasteiger partial charge in [0.15, 0.2) is 0 Å². The highest BCUT2D eigenvalue weighted by Gasteiger charge is 2.31. The lowest BCUT2D eigenvalue weighted by molar-refractivity contribution is -0.136. The van der Waals surface area contributed by atoms with Gasteiger partial charge in [-0.25, -0.2) is 0 Å². The van der Waals surface area contributed by atoms with Crippen LogP contribution in [-0.2, 0) is 0 Å². The van der Waals surface area contributed by atoms with E-state index in [1.165, 1.54) is 19.3 Å². The molecule has 4 heteroatoms. The van der Waals surface area contributed by atoms with E-state index in [0.717, 1.165) is 0 Å². The fraction of sp³-hybridized carbons (Fsp3) is 1.00. The summed E-state index contributed by atoms with van der Waals surface area (Å²) in [5.41, 5.74) is 0. The predicted octanol–water partition coefficient (Wildman–Crippen LogP) is 3.74. The molecule has 1 aliphatic carbocycles. The maximum absolute atomic E-state index is 12.0. The van der Waals surface area contributed by atoms with E-state index >= 15 is 0 Å². The van der Waals surface area contributed by atoms with Crippen LogP contribution in [0.25, 0.3) is 0 Å². The van der Waals surface area contributed by atoms with Gasteiger partial charge in [0.25, 0.3) is 0 Å². The lowest BCUT2D eigenvalue weighted by Crippen LogP contribution is -2.35. The molecule has 0 spiro atoms. The molecule has 3 atom stereocenters. The van der Waals surface area contributed by atoms with Gasteiger partial charge in [-0.3, -0.25) is 0 Å². The zero-order chi connectivity index (χ0) is 12.2. The molecule has 1 saturated carbocycles. The number of halogens is 3. The minimum Gasteiger partial charge on any atom is -0.317 e. The van der Waals surface area contributed by atoms with Gasteiger partial charge in [-0.1, -0.05) is 19.8 Å². The van der Waals surface area contributed by atoms with Crippen molar-refractivity contribution in [2.45, 2.75) is 57.7 Å². The summed E-state index contributed by atoms with van der Waals surface area (Å²) < 4.78 is 36.1. The van der Waals surface area contributed by atoms with Crippen molar-refractivity contribution >= 4 is 0 Å². The lowest BCUT2D eigenvalue weighted by Gasteiger charge is -2.26. The molecule has 1 fully saturated rings. The van der Waals surface area contributed by atoms with Crippen molar-refractivity contribution in [1.29, 1.82) is 0 Å². The standard InChI is InChI=1S/C12H22F3N/c1-9-5-3-6-10(9)11(16-2)7-4-8-12(13,14)15/h9-11,16H,3-8H2,1-2H3. The van der Waals surface area contributed by atoms with E-state index in [-0.39, 0.29) is 12.5 Å². The average molecular weight is 237 g/mol. The second kappa shape index (κ2) is 5.89. The summed E-state index contributed by atoms with van der Waals surface area (Å²) in [6, 6.07) is 0.264. The quantitative estimate of drug-likeness (QED) is 0.768. The Hall–Kier alpha value is -0.250. The topological polar surface area (TPSA) is 12.0 Å². The molecule has 0 aliphatic heterocycles. The summed E-state index contributed by atoms with van der Waals surface area (Å²) in [5.74, 6) is 1.22. The summed E-state index contributed by atoms with van der Waals surface area (Å²) in [5, 5.41) is 3.19. The Morgan fingerprint density at radius 3 is 2.44 bits per heavy atom. The van der Waals surface area contributed by atoms with Crippen LogP contribution in [0.15, 0.2) is 0 Å². The van der Waals surface area contributed by atoms with Crippen LogP contribution in [0.1, 0.15) is 45.4 Å². The number of alkyl halides is 3. The van der Waals surface area contributed by atoms with Crippen LogP contribution in [0.4, 0.5) is 13.2 Å². The van der Waals surface area contributed by atoms with Crippen LogP contribution >= 0.6 is 0 Å². The summed E-state index contributed by atoms with van der Waals surface area (Å²) in [6.07, 6.45) is -0.140. The van der Waals surface area contributed by atoms with Gasteiger partial charge >= 0.3 is 6.18 Å². The Morgan fingerprint density at radius 2 is 2.00 bits per heavy atom. The fourth-order valence-corrected chi connectivity index (χ4v) is 2.87. The highest BCUT2D eigenvalue weighted by Crippen LogP contribution is 2.35. The molecule has 1 nitrogen and oxygen atoms in total. The molecule has 1 aliphatic rings. The zero-order valence-electron chi connectivity index (χ0n) is 10.1. The summed E-state index contributed by atoms with van der Waals surface area (Å²) >= 11 is 0. The molecule has 1 rings (SSSR count). The third-order valence-corrected chi connectivity index (χ3v) is 3.79. The number of hydrogen-bond donors (Lipinski definition) is 1. The van der Waals surface area contributed by atoms with E-state index in [1.54, 1.807) is 0 Å². The van der Waals surface area contributed by atoms with Gasteiger partial charge < -0.3 is 5.32 Å². The highest BCUT2D eigenvalue weighted by atomic mass is 19.4. The van der Waals surface area contributed by atoms with Crippen molar-refractivity contribution in [2.75, 3.05) is 7.05 Å². The molecule has 0 radical (unpaired) electrons. The Labute approximate surface area is 95.8 Å². The van der Waals surface area contributed by atoms with Crippen LogP contribution in [0.5, 0.6) is 0 Å². The molecule has 0 amide bonds. The monoisotopic (exact) mass is 237 g/mol. The first-order valence-electron chi connectivity index (χ1n) is 6.18. The minimum atomic E-state index is -4.00. The zero-order valence-corrected chi connectivity index (χ0v) is 10.1. The Balaban J connectivity index is 2.31. The van der Waals surface area contributed by atoms with Gasteiger partial charge in [-0.2, -0.15) is 13.2 Å². The molecule has 0 aromatic rings. The van der Waals surface area contributed by atoms with Crippen LogP contribution in [0.2, 0.25) is 0 Å². The fourth-order valence-electron chi connectivity index (χ4n) is 2.87. The van der Waals surface area contributed by atoms with Crippen molar-refractivity contribution in [1.82, 2.24) is 5.32 Å². The minimum absolute atomic E-state index is 0.248. The maximum atomic E-state index is 12.0. The van der Waals surface area contributed by atoms with Gasteiger partial charge in [0.2, 0.25) is 0 Å². The summed E-state index contributed by atoms with van der Waals surface area (Å²) in [6.45, 7) is 2.21. The molecule has 3 unspecified atom stereocenters. The molecular formula is C12H22F3N. The van der Waals surface area contributed by atoms with Crippen LogP contribution < -0.4 is 5.32 Å². The van der Waals surface area contributed by atoms with Gasteiger partial charge in [-0.15, -0.1) is 0 Å². The molecule has 0 bridgehead atoms. The summed E-state index contributed by atoms with van der Waals surface area (Å²) in [4.78, 5) is 0. The molecule has 1 N–H and O–H groups in total. The van der Waals surface area contributed by atoms with Crippen LogP contribution in [0.3, 0.4) is 0 Å². The van der Waals surface area contributed by atoms with Crippen molar-refractivity contribution in [2.24, 2.45) is 11.8 Å². The van der Waals surface area contributed by atoms with Crippen LogP contribution in [0, 0.1) is 11.8 Å². The Bertz CT molecular complexity index is 203. The first-order valence-corrected chi connectivity index (χ1v) is 6.18. The second-order valence-corrected chi connectivity index (χ2v) is 4.97. The molecular weight excluding hydrogens is 215 g/mol. The predicted molar refractivity (Wildman–Crippen MR) is 59.3 cm³/mol. The third-order valence-electron chi connectivity index (χ3n) is 3.79. The van der Waals surface area contributed by atoms with E-state index < -0.39 is 12.6 Å². The first-order chi connectivity index (χ1) is 7.44. The molecule has 0 aromatic carbocycles. The lowest BCUT2D eigenvalue weighted by atomic mass is 9.87. The number of hydrogen-bond acceptors (Lipinski definition) is 1. The molecule has 0 saturated heterocycles. The Morgan fingerprint density at radius 1 is 1.31 bits per heavy atom. The van der Waals surface area contributed by atoms with E-state index in [9.17, 15) is 13.2 Å². The van der Waals surface area contributed by atoms with E-state index in [0.29, 0.717) is 18.3 Å². The van der Waals surface area contributed by atoms with Gasteiger partial charge in [0, 0.05) is 12.5 Å². The van der Waals surface area contributed by atoms with E-state index in [2.05, 4.69) is 12.2 Å². The van der Waals surface area contributed by atoms with Crippen molar-refractivity contribution in [3.8, 4) is 0 Å². The molecule has 0 heterocycles. The SMILES string of the molecule is CNC(CCCC(F)(F)F)C1CCCC1C. The highest BCUT2D eigenvalue weighted by molar-refractivity contribution is 4.84. The van der Waals surface area contributed by atoms with Crippen LogP contribution in [-0.4, -0.2) is 19.3 Å². The molecule has 16 heavy (non-hydrogen) atoms. The van der Waals surface area contributed by atoms with Crippen molar-refractivity contribution in [3.05, 3.63) is 0 Å². The van der Waals surface area contributed by atoms with Gasteiger partial charge in [-0.05, 0) is 38.1 Å². The number of nitrogens with one attached hydrogen (secondary N) is 1. The molecule has 0 aromatic heterocycles. The normalized spacial score (nSPS) is 28.3. The van der Waals surface area contributed by atoms with Gasteiger partial charge in [0.1, 0.15) is 0 Å². The van der Waals surface area contributed by atoms with Gasteiger partial charge in [0.05, 0.1) is 0 Å². The largest absolute Gasteiger partial charge is 0.389 e. The third kappa shape index (κ3) is 4.32. The average Bonchev–Trinajstić information content (AvgIpc) is 2.58. The summed E-state index contributed by atoms with van der Waals surface area (Å²) in [7, 11) is 1.86. The maximum Gasteiger partial charge on any atom is 0.389 e. The first kappa shape index (κ1) is 13.8. The molecule has 96 valence electrons. The van der Waals surface area contributed by atoms with Crippen molar-refractivity contribution < 1.29 is 13.2 Å². The van der Waals surface area contributed by atoms with Crippen molar-refractivity contribution in [3.63, 3.8) is 0 Å². The smallest absolute Gasteiger partial charge is 0.317 e. The van der Waals surface area contributed by atoms with E-state index in [1.807, 2.05) is 7.05 Å². The van der Waals surface area contributed by atoms with E-state index in [4.69, 9.17) is 0 Å².